The minimum Gasteiger partial charge on any atom is -0.479 e. The molecule has 1 aliphatic rings. The van der Waals surface area contributed by atoms with E-state index in [0.29, 0.717) is 19.4 Å². The van der Waals surface area contributed by atoms with Crippen molar-refractivity contribution < 1.29 is 14.6 Å². The maximum atomic E-state index is 10.7. The summed E-state index contributed by atoms with van der Waals surface area (Å²) in [7, 11) is 1.93. The van der Waals surface area contributed by atoms with Crippen LogP contribution in [-0.2, 0) is 9.53 Å². The third-order valence-corrected chi connectivity index (χ3v) is 3.01. The lowest BCUT2D eigenvalue weighted by Crippen LogP contribution is -2.36. The van der Waals surface area contributed by atoms with Crippen molar-refractivity contribution in [3.8, 4) is 6.07 Å². The van der Waals surface area contributed by atoms with E-state index in [1.807, 2.05) is 18.9 Å². The highest BCUT2D eigenvalue weighted by Gasteiger charge is 2.31. The highest BCUT2D eigenvalue weighted by atomic mass is 16.5. The molecule has 3 unspecified atom stereocenters. The van der Waals surface area contributed by atoms with Gasteiger partial charge in [0.05, 0.1) is 18.6 Å². The maximum absolute atomic E-state index is 10.7. The second-order valence-electron chi connectivity index (χ2n) is 4.31. The summed E-state index contributed by atoms with van der Waals surface area (Å²) in [5.74, 6) is -0.879. The fourth-order valence-electron chi connectivity index (χ4n) is 1.81. The average molecular weight is 226 g/mol. The largest absolute Gasteiger partial charge is 0.479 e. The fraction of sp³-hybridized carbons (Fsp3) is 0.818. The number of nitrogens with zero attached hydrogens (tertiary/aromatic N) is 2. The number of likely N-dealkylation sites (N-methyl/N-ethyl adjacent to an activating group) is 1. The zero-order chi connectivity index (χ0) is 12.1. The van der Waals surface area contributed by atoms with Crippen LogP contribution in [0.15, 0.2) is 0 Å². The first kappa shape index (κ1) is 12.9. The van der Waals surface area contributed by atoms with E-state index in [-0.39, 0.29) is 12.1 Å². The van der Waals surface area contributed by atoms with Crippen molar-refractivity contribution in [2.24, 2.45) is 0 Å². The lowest BCUT2D eigenvalue weighted by atomic mass is 10.1. The molecule has 0 aromatic heterocycles. The Hall–Kier alpha value is -1.12. The van der Waals surface area contributed by atoms with Gasteiger partial charge < -0.3 is 14.7 Å². The number of nitriles is 1. The van der Waals surface area contributed by atoms with Crippen LogP contribution in [0.25, 0.3) is 0 Å². The topological polar surface area (TPSA) is 73.6 Å². The molecule has 0 aromatic rings. The van der Waals surface area contributed by atoms with Gasteiger partial charge in [-0.25, -0.2) is 4.79 Å². The molecule has 1 aliphatic heterocycles. The molecule has 5 nitrogen and oxygen atoms in total. The predicted molar refractivity (Wildman–Crippen MR) is 57.9 cm³/mol. The molecule has 90 valence electrons. The van der Waals surface area contributed by atoms with Crippen LogP contribution < -0.4 is 0 Å². The summed E-state index contributed by atoms with van der Waals surface area (Å²) in [5, 5.41) is 17.4. The predicted octanol–water partition coefficient (Wildman–Crippen LogP) is 0.853. The van der Waals surface area contributed by atoms with Crippen LogP contribution in [0.3, 0.4) is 0 Å². The number of hydrogen-bond acceptors (Lipinski definition) is 4. The molecule has 0 amide bonds. The molecule has 0 radical (unpaired) electrons. The first-order chi connectivity index (χ1) is 7.54. The summed E-state index contributed by atoms with van der Waals surface area (Å²) in [5.41, 5.74) is 0. The Kier molecular flexibility index (Phi) is 4.71. The number of carbonyl (C=O) groups is 1. The summed E-state index contributed by atoms with van der Waals surface area (Å²) < 4.78 is 5.40. The van der Waals surface area contributed by atoms with E-state index in [1.165, 1.54) is 0 Å². The molecular weight excluding hydrogens is 208 g/mol. The smallest absolute Gasteiger partial charge is 0.332 e. The summed E-state index contributed by atoms with van der Waals surface area (Å²) in [6.45, 7) is 2.67. The van der Waals surface area contributed by atoms with Crippen LogP contribution in [0.4, 0.5) is 0 Å². The molecule has 1 N–H and O–H groups in total. The molecule has 1 rings (SSSR count). The normalized spacial score (nSPS) is 26.6. The second-order valence-corrected chi connectivity index (χ2v) is 4.31. The number of rotatable bonds is 5. The van der Waals surface area contributed by atoms with E-state index >= 15 is 0 Å². The lowest BCUT2D eigenvalue weighted by molar-refractivity contribution is -0.149. The van der Waals surface area contributed by atoms with E-state index in [2.05, 4.69) is 6.07 Å². The summed E-state index contributed by atoms with van der Waals surface area (Å²) in [4.78, 5) is 12.7. The van der Waals surface area contributed by atoms with Crippen molar-refractivity contribution in [1.29, 1.82) is 5.26 Å². The van der Waals surface area contributed by atoms with Crippen LogP contribution in [0, 0.1) is 11.3 Å². The Morgan fingerprint density at radius 3 is 2.88 bits per heavy atom. The molecule has 3 atom stereocenters. The van der Waals surface area contributed by atoms with Crippen molar-refractivity contribution >= 4 is 5.97 Å². The molecule has 0 saturated carbocycles. The van der Waals surface area contributed by atoms with Gasteiger partial charge in [0.15, 0.2) is 6.10 Å². The number of hydrogen-bond donors (Lipinski definition) is 1. The van der Waals surface area contributed by atoms with Gasteiger partial charge in [0.25, 0.3) is 0 Å². The Labute approximate surface area is 95.6 Å². The van der Waals surface area contributed by atoms with E-state index < -0.39 is 12.1 Å². The summed E-state index contributed by atoms with van der Waals surface area (Å²) >= 11 is 0. The Morgan fingerprint density at radius 1 is 1.69 bits per heavy atom. The molecule has 0 aromatic carbocycles. The summed E-state index contributed by atoms with van der Waals surface area (Å²) in [6.07, 6.45) is 1.17. The maximum Gasteiger partial charge on any atom is 0.332 e. The molecule has 0 aliphatic carbocycles. The fourth-order valence-corrected chi connectivity index (χ4v) is 1.81. The van der Waals surface area contributed by atoms with Gasteiger partial charge in [0, 0.05) is 12.6 Å². The standard InChI is InChI=1S/C11H18N2O3/c1-8(5-6-12)13(2)7-9-3-4-10(16-9)11(14)15/h8-10H,3-5,7H2,1-2H3,(H,14,15). The van der Waals surface area contributed by atoms with Crippen LogP contribution in [0.2, 0.25) is 0 Å². The van der Waals surface area contributed by atoms with E-state index in [4.69, 9.17) is 15.1 Å². The lowest BCUT2D eigenvalue weighted by Gasteiger charge is -2.25. The van der Waals surface area contributed by atoms with Crippen molar-refractivity contribution in [2.75, 3.05) is 13.6 Å². The van der Waals surface area contributed by atoms with Gasteiger partial charge >= 0.3 is 5.97 Å². The highest BCUT2D eigenvalue weighted by molar-refractivity contribution is 5.72. The Balaban J connectivity index is 2.34. The average Bonchev–Trinajstić information content (AvgIpc) is 2.66. The number of ether oxygens (including phenoxy) is 1. The molecule has 0 bridgehead atoms. The van der Waals surface area contributed by atoms with Crippen molar-refractivity contribution in [3.05, 3.63) is 0 Å². The number of carboxylic acids is 1. The van der Waals surface area contributed by atoms with Crippen molar-refractivity contribution in [1.82, 2.24) is 4.90 Å². The van der Waals surface area contributed by atoms with Gasteiger partial charge in [-0.3, -0.25) is 0 Å². The Morgan fingerprint density at radius 2 is 2.38 bits per heavy atom. The second kappa shape index (κ2) is 5.83. The van der Waals surface area contributed by atoms with Gasteiger partial charge in [0.2, 0.25) is 0 Å². The number of carboxylic acid groups (broad SMARTS) is 1. The zero-order valence-corrected chi connectivity index (χ0v) is 9.72. The molecule has 1 saturated heterocycles. The van der Waals surface area contributed by atoms with Gasteiger partial charge in [-0.2, -0.15) is 5.26 Å². The monoisotopic (exact) mass is 226 g/mol. The van der Waals surface area contributed by atoms with Gasteiger partial charge in [-0.05, 0) is 26.8 Å². The molecule has 16 heavy (non-hydrogen) atoms. The van der Waals surface area contributed by atoms with E-state index in [9.17, 15) is 4.79 Å². The van der Waals surface area contributed by atoms with Crippen molar-refractivity contribution in [3.63, 3.8) is 0 Å². The van der Waals surface area contributed by atoms with Crippen LogP contribution in [-0.4, -0.2) is 47.8 Å². The van der Waals surface area contributed by atoms with E-state index in [1.54, 1.807) is 0 Å². The first-order valence-electron chi connectivity index (χ1n) is 5.50. The van der Waals surface area contributed by atoms with Gasteiger partial charge in [-0.1, -0.05) is 0 Å². The minimum absolute atomic E-state index is 0.0211. The number of aliphatic carboxylic acids is 1. The highest BCUT2D eigenvalue weighted by Crippen LogP contribution is 2.21. The zero-order valence-electron chi connectivity index (χ0n) is 9.72. The minimum atomic E-state index is -0.879. The molecule has 1 heterocycles. The molecule has 5 heteroatoms. The molecule has 0 spiro atoms. The third-order valence-electron chi connectivity index (χ3n) is 3.01. The van der Waals surface area contributed by atoms with Crippen LogP contribution >= 0.6 is 0 Å². The molecular formula is C11H18N2O3. The third kappa shape index (κ3) is 3.47. The van der Waals surface area contributed by atoms with Gasteiger partial charge in [-0.15, -0.1) is 0 Å². The van der Waals surface area contributed by atoms with Crippen LogP contribution in [0.5, 0.6) is 0 Å². The SMILES string of the molecule is CC(CC#N)N(C)CC1CCC(C(=O)O)O1. The first-order valence-corrected chi connectivity index (χ1v) is 5.50. The quantitative estimate of drug-likeness (QED) is 0.752. The molecule has 1 fully saturated rings. The van der Waals surface area contributed by atoms with Crippen LogP contribution in [0.1, 0.15) is 26.2 Å². The Bertz CT molecular complexity index is 287. The van der Waals surface area contributed by atoms with Crippen molar-refractivity contribution in [2.45, 2.75) is 44.4 Å². The van der Waals surface area contributed by atoms with E-state index in [0.717, 1.165) is 6.42 Å². The summed E-state index contributed by atoms with van der Waals surface area (Å²) in [6, 6.07) is 2.30. The van der Waals surface area contributed by atoms with Gasteiger partial charge in [0.1, 0.15) is 0 Å².